The van der Waals surface area contributed by atoms with Crippen LogP contribution < -0.4 is 15.8 Å². The van der Waals surface area contributed by atoms with Crippen LogP contribution in [0.4, 0.5) is 0 Å². The summed E-state index contributed by atoms with van der Waals surface area (Å²) in [5.74, 6) is -0.377. The molecule has 0 aromatic carbocycles. The maximum atomic E-state index is 12.0. The zero-order valence-electron chi connectivity index (χ0n) is 13.0. The molecule has 1 saturated carbocycles. The smallest absolute Gasteiger partial charge is 0.240 e. The Morgan fingerprint density at radius 1 is 1.23 bits per heavy atom. The summed E-state index contributed by atoms with van der Waals surface area (Å²) >= 11 is 0. The Morgan fingerprint density at radius 3 is 2.59 bits per heavy atom. The minimum atomic E-state index is -3.41. The van der Waals surface area contributed by atoms with Crippen LogP contribution in [-0.4, -0.2) is 51.4 Å². The van der Waals surface area contributed by atoms with Crippen molar-refractivity contribution in [1.82, 2.24) is 10.0 Å². The van der Waals surface area contributed by atoms with Crippen LogP contribution in [0.2, 0.25) is 0 Å². The lowest BCUT2D eigenvalue weighted by Crippen LogP contribution is -2.53. The van der Waals surface area contributed by atoms with Crippen LogP contribution in [0.3, 0.4) is 0 Å². The van der Waals surface area contributed by atoms with Crippen molar-refractivity contribution in [2.45, 2.75) is 56.6 Å². The van der Waals surface area contributed by atoms with E-state index in [2.05, 4.69) is 10.0 Å². The lowest BCUT2D eigenvalue weighted by molar-refractivity contribution is -0.126. The van der Waals surface area contributed by atoms with E-state index in [0.29, 0.717) is 26.0 Å². The highest BCUT2D eigenvalue weighted by molar-refractivity contribution is 7.89. The average molecular weight is 333 g/mol. The van der Waals surface area contributed by atoms with Crippen molar-refractivity contribution in [3.8, 4) is 0 Å². The highest BCUT2D eigenvalue weighted by Crippen LogP contribution is 2.27. The zero-order valence-corrected chi connectivity index (χ0v) is 13.8. The highest BCUT2D eigenvalue weighted by atomic mass is 32.2. The van der Waals surface area contributed by atoms with E-state index in [1.54, 1.807) is 0 Å². The second-order valence-electron chi connectivity index (χ2n) is 6.28. The zero-order chi connectivity index (χ0) is 16.1. The van der Waals surface area contributed by atoms with Crippen LogP contribution in [0.25, 0.3) is 0 Å². The second-order valence-corrected chi connectivity index (χ2v) is 8.20. The molecule has 0 spiro atoms. The molecule has 7 nitrogen and oxygen atoms in total. The maximum absolute atomic E-state index is 12.0. The minimum Gasteiger partial charge on any atom is -0.377 e. The molecule has 1 saturated heterocycles. The number of carbonyl (C=O) groups is 1. The fraction of sp³-hybridized carbons (Fsp3) is 0.929. The number of rotatable bonds is 7. The van der Waals surface area contributed by atoms with Gasteiger partial charge in [-0.15, -0.1) is 0 Å². The molecule has 0 aromatic rings. The molecular weight excluding hydrogens is 306 g/mol. The van der Waals surface area contributed by atoms with Crippen molar-refractivity contribution in [3.05, 3.63) is 0 Å². The van der Waals surface area contributed by atoms with Crippen LogP contribution >= 0.6 is 0 Å². The molecule has 1 unspecified atom stereocenters. The molecular formula is C14H27N3O4S. The fourth-order valence-electron chi connectivity index (χ4n) is 2.97. The topological polar surface area (TPSA) is 111 Å². The summed E-state index contributed by atoms with van der Waals surface area (Å²) in [5, 5.41) is 2.64. The summed E-state index contributed by atoms with van der Waals surface area (Å²) in [6.45, 7) is 1.08. The van der Waals surface area contributed by atoms with E-state index in [9.17, 15) is 13.2 Å². The summed E-state index contributed by atoms with van der Waals surface area (Å²) in [6.07, 6.45) is 6.19. The monoisotopic (exact) mass is 333 g/mol. The van der Waals surface area contributed by atoms with Gasteiger partial charge in [-0.25, -0.2) is 13.1 Å². The molecule has 2 rings (SSSR count). The van der Waals surface area contributed by atoms with Crippen molar-refractivity contribution in [1.29, 1.82) is 0 Å². The Balaban J connectivity index is 1.67. The Morgan fingerprint density at radius 2 is 1.95 bits per heavy atom. The first-order valence-electron chi connectivity index (χ1n) is 8.07. The van der Waals surface area contributed by atoms with Gasteiger partial charge in [0.15, 0.2) is 0 Å². The van der Waals surface area contributed by atoms with E-state index in [4.69, 9.17) is 10.5 Å². The van der Waals surface area contributed by atoms with Crippen LogP contribution in [0, 0.1) is 0 Å². The summed E-state index contributed by atoms with van der Waals surface area (Å²) in [5.41, 5.74) is 5.20. The quantitative estimate of drug-likeness (QED) is 0.601. The average Bonchev–Trinajstić information content (AvgIpc) is 2.94. The van der Waals surface area contributed by atoms with Crippen LogP contribution in [0.15, 0.2) is 0 Å². The van der Waals surface area contributed by atoms with Gasteiger partial charge in [0.25, 0.3) is 0 Å². The van der Waals surface area contributed by atoms with Crippen LogP contribution in [0.5, 0.6) is 0 Å². The first kappa shape index (κ1) is 17.7. The minimum absolute atomic E-state index is 0.0380. The van der Waals surface area contributed by atoms with Crippen LogP contribution in [0.1, 0.15) is 44.9 Å². The predicted molar refractivity (Wildman–Crippen MR) is 83.8 cm³/mol. The molecule has 2 aliphatic rings. The molecule has 128 valence electrons. The molecule has 22 heavy (non-hydrogen) atoms. The summed E-state index contributed by atoms with van der Waals surface area (Å²) in [4.78, 5) is 12.0. The standard InChI is InChI=1S/C14H27N3O4S/c15-14(6-2-3-7-14)13(18)16-8-10-22(19,20)17-11-12-5-1-4-9-21-12/h12,17H,1-11,15H2,(H,16,18). The van der Waals surface area contributed by atoms with Gasteiger partial charge in [0.05, 0.1) is 17.4 Å². The van der Waals surface area contributed by atoms with Crippen molar-refractivity contribution in [3.63, 3.8) is 0 Å². The molecule has 1 aliphatic heterocycles. The largest absolute Gasteiger partial charge is 0.377 e. The number of sulfonamides is 1. The third-order valence-corrected chi connectivity index (χ3v) is 5.76. The van der Waals surface area contributed by atoms with Crippen molar-refractivity contribution >= 4 is 15.9 Å². The third kappa shape index (κ3) is 5.19. The molecule has 1 heterocycles. The molecule has 1 atom stereocenters. The van der Waals surface area contributed by atoms with Gasteiger partial charge in [-0.3, -0.25) is 4.79 Å². The van der Waals surface area contributed by atoms with E-state index in [1.807, 2.05) is 0 Å². The number of carbonyl (C=O) groups excluding carboxylic acids is 1. The first-order chi connectivity index (χ1) is 10.4. The number of hydrogen-bond donors (Lipinski definition) is 3. The highest BCUT2D eigenvalue weighted by Gasteiger charge is 2.36. The molecule has 8 heteroatoms. The fourth-order valence-corrected chi connectivity index (χ4v) is 3.92. The van der Waals surface area contributed by atoms with E-state index in [1.165, 1.54) is 0 Å². The summed E-state index contributed by atoms with van der Waals surface area (Å²) in [7, 11) is -3.41. The van der Waals surface area contributed by atoms with Crippen molar-refractivity contribution in [2.24, 2.45) is 5.73 Å². The van der Waals surface area contributed by atoms with E-state index >= 15 is 0 Å². The number of ether oxygens (including phenoxy) is 1. The number of nitrogens with one attached hydrogen (secondary N) is 2. The predicted octanol–water partition coefficient (Wildman–Crippen LogP) is -0.137. The van der Waals surface area contributed by atoms with Crippen molar-refractivity contribution < 1.29 is 17.9 Å². The molecule has 4 N–H and O–H groups in total. The van der Waals surface area contributed by atoms with Gasteiger partial charge in [0, 0.05) is 19.7 Å². The van der Waals surface area contributed by atoms with Gasteiger partial charge < -0.3 is 15.8 Å². The Kier molecular flexibility index (Phi) is 6.19. The molecule has 0 aromatic heterocycles. The second kappa shape index (κ2) is 7.72. The van der Waals surface area contributed by atoms with E-state index < -0.39 is 15.6 Å². The Labute approximate surface area is 132 Å². The normalized spacial score (nSPS) is 25.0. The molecule has 0 radical (unpaired) electrons. The maximum Gasteiger partial charge on any atom is 0.240 e. The number of nitrogens with two attached hydrogens (primary N) is 1. The molecule has 1 aliphatic carbocycles. The first-order valence-corrected chi connectivity index (χ1v) is 9.73. The van der Waals surface area contributed by atoms with Crippen molar-refractivity contribution in [2.75, 3.05) is 25.4 Å². The van der Waals surface area contributed by atoms with Gasteiger partial charge >= 0.3 is 0 Å². The van der Waals surface area contributed by atoms with Crippen LogP contribution in [-0.2, 0) is 19.6 Å². The Hall–Kier alpha value is -0.700. The summed E-state index contributed by atoms with van der Waals surface area (Å²) < 4.78 is 31.8. The lowest BCUT2D eigenvalue weighted by atomic mass is 9.98. The number of hydrogen-bond acceptors (Lipinski definition) is 5. The SMILES string of the molecule is NC1(C(=O)NCCS(=O)(=O)NCC2CCCCO2)CCCC1. The Bertz CT molecular complexity index is 468. The molecule has 2 fully saturated rings. The number of amides is 1. The molecule has 0 bridgehead atoms. The van der Waals surface area contributed by atoms with Gasteiger partial charge in [-0.05, 0) is 32.1 Å². The van der Waals surface area contributed by atoms with Gasteiger partial charge in [-0.1, -0.05) is 12.8 Å². The third-order valence-electron chi connectivity index (χ3n) is 4.41. The lowest BCUT2D eigenvalue weighted by Gasteiger charge is -2.23. The molecule has 1 amide bonds. The van der Waals surface area contributed by atoms with Gasteiger partial charge in [0.2, 0.25) is 15.9 Å². The van der Waals surface area contributed by atoms with Gasteiger partial charge in [-0.2, -0.15) is 0 Å². The van der Waals surface area contributed by atoms with Gasteiger partial charge in [0.1, 0.15) is 0 Å². The van der Waals surface area contributed by atoms with E-state index in [0.717, 1.165) is 32.1 Å². The van der Waals surface area contributed by atoms with E-state index in [-0.39, 0.29) is 24.3 Å². The summed E-state index contributed by atoms with van der Waals surface area (Å²) in [6, 6.07) is 0.